The molecule has 7 nitrogen and oxygen atoms in total. The fourth-order valence-corrected chi connectivity index (χ4v) is 4.13. The number of hydrogen-bond acceptors (Lipinski definition) is 7. The second kappa shape index (κ2) is 9.32. The summed E-state index contributed by atoms with van der Waals surface area (Å²) in [7, 11) is -0.154. The van der Waals surface area contributed by atoms with Crippen LogP contribution in [0.25, 0.3) is 10.9 Å². The van der Waals surface area contributed by atoms with E-state index in [1.165, 1.54) is 18.5 Å². The van der Waals surface area contributed by atoms with Gasteiger partial charge in [-0.3, -0.25) is 0 Å². The molecular weight excluding hydrogens is 443 g/mol. The molecular formula is C24H29FN4O3S. The SMILES string of the molecule is Cc1cc(N=S(C)C(C)(C)C)cc2ncnc(Nc3ccc(F)cc3O[C@@H]3COC[C@@H]3O)c12. The number of benzene rings is 2. The second-order valence-electron chi connectivity index (χ2n) is 9.09. The van der Waals surface area contributed by atoms with Crippen LogP contribution in [0.2, 0.25) is 0 Å². The first-order chi connectivity index (χ1) is 15.6. The van der Waals surface area contributed by atoms with Crippen molar-refractivity contribution in [2.75, 3.05) is 24.8 Å². The summed E-state index contributed by atoms with van der Waals surface area (Å²) in [5, 5.41) is 14.1. The van der Waals surface area contributed by atoms with Crippen molar-refractivity contribution in [1.82, 2.24) is 9.97 Å². The van der Waals surface area contributed by atoms with Crippen molar-refractivity contribution in [3.8, 4) is 5.75 Å². The molecule has 3 aromatic rings. The van der Waals surface area contributed by atoms with Crippen molar-refractivity contribution < 1.29 is 19.0 Å². The molecule has 1 saturated heterocycles. The Morgan fingerprint density at radius 3 is 2.70 bits per heavy atom. The number of halogens is 1. The van der Waals surface area contributed by atoms with Crippen LogP contribution in [0.5, 0.6) is 5.75 Å². The zero-order valence-corrected chi connectivity index (χ0v) is 20.2. The van der Waals surface area contributed by atoms with Gasteiger partial charge in [-0.15, -0.1) is 0 Å². The number of nitrogens with one attached hydrogen (secondary N) is 1. The van der Waals surface area contributed by atoms with Crippen LogP contribution in [0.15, 0.2) is 41.0 Å². The molecule has 176 valence electrons. The third kappa shape index (κ3) is 5.31. The van der Waals surface area contributed by atoms with E-state index in [2.05, 4.69) is 42.3 Å². The first kappa shape index (κ1) is 23.5. The lowest BCUT2D eigenvalue weighted by Gasteiger charge is -2.20. The first-order valence-corrected chi connectivity index (χ1v) is 12.3. The number of aromatic nitrogens is 2. The Labute approximate surface area is 195 Å². The molecule has 2 aromatic carbocycles. The van der Waals surface area contributed by atoms with Crippen LogP contribution in [0.1, 0.15) is 26.3 Å². The van der Waals surface area contributed by atoms with Gasteiger partial charge in [0.25, 0.3) is 0 Å². The third-order valence-electron chi connectivity index (χ3n) is 5.52. The van der Waals surface area contributed by atoms with E-state index in [0.29, 0.717) is 11.5 Å². The van der Waals surface area contributed by atoms with Crippen LogP contribution < -0.4 is 10.1 Å². The van der Waals surface area contributed by atoms with E-state index in [1.54, 1.807) is 6.07 Å². The minimum atomic E-state index is -0.762. The third-order valence-corrected chi connectivity index (χ3v) is 7.78. The zero-order chi connectivity index (χ0) is 23.8. The van der Waals surface area contributed by atoms with E-state index in [1.807, 2.05) is 19.1 Å². The van der Waals surface area contributed by atoms with Gasteiger partial charge in [-0.2, -0.15) is 0 Å². The molecule has 3 atom stereocenters. The van der Waals surface area contributed by atoms with Gasteiger partial charge in [0.1, 0.15) is 29.8 Å². The number of nitrogens with zero attached hydrogens (tertiary/aromatic N) is 3. The molecule has 1 fully saturated rings. The molecule has 0 saturated carbocycles. The van der Waals surface area contributed by atoms with Gasteiger partial charge in [-0.05, 0) is 43.0 Å². The fourth-order valence-electron chi connectivity index (χ4n) is 3.44. The van der Waals surface area contributed by atoms with Gasteiger partial charge in [-0.25, -0.2) is 18.7 Å². The molecule has 1 aromatic heterocycles. The molecule has 0 spiro atoms. The summed E-state index contributed by atoms with van der Waals surface area (Å²) in [5.74, 6) is 0.420. The Kier molecular flexibility index (Phi) is 6.65. The highest BCUT2D eigenvalue weighted by molar-refractivity contribution is 7.88. The van der Waals surface area contributed by atoms with Crippen molar-refractivity contribution in [3.05, 3.63) is 48.0 Å². The number of rotatable bonds is 5. The Morgan fingerprint density at radius 2 is 2.00 bits per heavy atom. The minimum Gasteiger partial charge on any atom is -0.483 e. The van der Waals surface area contributed by atoms with E-state index >= 15 is 0 Å². The first-order valence-electron chi connectivity index (χ1n) is 10.7. The molecule has 2 N–H and O–H groups in total. The molecule has 9 heteroatoms. The standard InChI is InChI=1S/C24H29FN4O3S/c1-14-8-16(29-33(5)24(2,3)4)10-18-22(14)23(27-13-26-18)28-17-7-6-15(25)9-20(17)32-21-12-31-11-19(21)30/h6-10,13,19,21,30H,11-12H2,1-5H3,(H,26,27,28)/t19-,21+,33?/m0/s1. The molecule has 4 rings (SSSR count). The number of hydrogen-bond donors (Lipinski definition) is 2. The number of fused-ring (bicyclic) bond motifs is 1. The van der Waals surface area contributed by atoms with Gasteiger partial charge in [0, 0.05) is 16.2 Å². The maximum absolute atomic E-state index is 14.0. The van der Waals surface area contributed by atoms with E-state index in [-0.39, 0.29) is 34.4 Å². The van der Waals surface area contributed by atoms with Crippen LogP contribution >= 0.6 is 0 Å². The molecule has 2 heterocycles. The predicted octanol–water partition coefficient (Wildman–Crippen LogP) is 4.82. The van der Waals surface area contributed by atoms with E-state index in [4.69, 9.17) is 13.8 Å². The van der Waals surface area contributed by atoms with Gasteiger partial charge >= 0.3 is 0 Å². The monoisotopic (exact) mass is 472 g/mol. The summed E-state index contributed by atoms with van der Waals surface area (Å²) in [6.07, 6.45) is 2.30. The van der Waals surface area contributed by atoms with Gasteiger partial charge in [0.15, 0.2) is 6.10 Å². The van der Waals surface area contributed by atoms with Crippen LogP contribution in [-0.4, -0.2) is 51.5 Å². The van der Waals surface area contributed by atoms with Gasteiger partial charge in [-0.1, -0.05) is 31.5 Å². The average Bonchev–Trinajstić information content (AvgIpc) is 3.13. The maximum atomic E-state index is 14.0. The highest BCUT2D eigenvalue weighted by Crippen LogP contribution is 2.35. The number of aryl methyl sites for hydroxylation is 1. The van der Waals surface area contributed by atoms with Crippen LogP contribution in [-0.2, 0) is 15.4 Å². The van der Waals surface area contributed by atoms with Crippen LogP contribution in [0.4, 0.5) is 21.6 Å². The normalized spacial score (nSPS) is 19.7. The van der Waals surface area contributed by atoms with Crippen molar-refractivity contribution in [1.29, 1.82) is 0 Å². The van der Waals surface area contributed by atoms with Crippen molar-refractivity contribution in [2.45, 2.75) is 44.6 Å². The lowest BCUT2D eigenvalue weighted by Crippen LogP contribution is -2.30. The number of aliphatic hydroxyl groups is 1. The Morgan fingerprint density at radius 1 is 1.21 bits per heavy atom. The Balaban J connectivity index is 1.70. The van der Waals surface area contributed by atoms with Gasteiger partial charge < -0.3 is 19.9 Å². The van der Waals surface area contributed by atoms with E-state index < -0.39 is 18.0 Å². The Bertz CT molecular complexity index is 1210. The summed E-state index contributed by atoms with van der Waals surface area (Å²) in [6, 6.07) is 8.21. The van der Waals surface area contributed by atoms with Gasteiger partial charge in [0.2, 0.25) is 0 Å². The second-order valence-corrected chi connectivity index (χ2v) is 11.5. The Hall–Kier alpha value is -2.62. The molecule has 0 bridgehead atoms. The summed E-state index contributed by atoms with van der Waals surface area (Å²) >= 11 is 0. The average molecular weight is 473 g/mol. The van der Waals surface area contributed by atoms with Crippen LogP contribution in [0.3, 0.4) is 0 Å². The quantitative estimate of drug-likeness (QED) is 0.553. The lowest BCUT2D eigenvalue weighted by atomic mass is 10.1. The molecule has 1 aliphatic rings. The van der Waals surface area contributed by atoms with Crippen molar-refractivity contribution >= 4 is 38.8 Å². The number of anilines is 2. The summed E-state index contributed by atoms with van der Waals surface area (Å²) < 4.78 is 30.1. The highest BCUT2D eigenvalue weighted by atomic mass is 32.2. The lowest BCUT2D eigenvalue weighted by molar-refractivity contribution is 0.0736. The molecule has 0 aliphatic carbocycles. The highest BCUT2D eigenvalue weighted by Gasteiger charge is 2.29. The van der Waals surface area contributed by atoms with Crippen LogP contribution in [0, 0.1) is 12.7 Å². The molecule has 0 amide bonds. The number of aliphatic hydroxyl groups excluding tert-OH is 1. The number of ether oxygens (including phenoxy) is 2. The maximum Gasteiger partial charge on any atom is 0.150 e. The molecule has 1 aliphatic heterocycles. The molecule has 1 unspecified atom stereocenters. The van der Waals surface area contributed by atoms with E-state index in [9.17, 15) is 9.50 Å². The minimum absolute atomic E-state index is 0.0815. The fraction of sp³-hybridized carbons (Fsp3) is 0.417. The van der Waals surface area contributed by atoms with Crippen molar-refractivity contribution in [2.24, 2.45) is 4.36 Å². The topological polar surface area (TPSA) is 88.9 Å². The summed E-state index contributed by atoms with van der Waals surface area (Å²) in [6.45, 7) is 8.96. The molecule has 33 heavy (non-hydrogen) atoms. The summed E-state index contributed by atoms with van der Waals surface area (Å²) in [5.41, 5.74) is 3.16. The molecule has 0 radical (unpaired) electrons. The predicted molar refractivity (Wildman–Crippen MR) is 130 cm³/mol. The zero-order valence-electron chi connectivity index (χ0n) is 19.4. The van der Waals surface area contributed by atoms with Gasteiger partial charge in [0.05, 0.1) is 30.1 Å². The largest absolute Gasteiger partial charge is 0.483 e. The summed E-state index contributed by atoms with van der Waals surface area (Å²) in [4.78, 5) is 8.88. The van der Waals surface area contributed by atoms with E-state index in [0.717, 1.165) is 22.2 Å². The van der Waals surface area contributed by atoms with Crippen molar-refractivity contribution in [3.63, 3.8) is 0 Å². The smallest absolute Gasteiger partial charge is 0.150 e.